The van der Waals surface area contributed by atoms with Crippen molar-refractivity contribution in [2.24, 2.45) is 57.7 Å². The number of rotatable bonds is 9. The number of aldehydes is 1. The monoisotopic (exact) mass is 692 g/mol. The van der Waals surface area contributed by atoms with Crippen molar-refractivity contribution < 1.29 is 33.3 Å². The molecule has 6 rings (SSSR count). The zero-order valence-electron chi connectivity index (χ0n) is 32.0. The molecule has 0 spiro atoms. The molecular weight excluding hydrogens is 628 g/mol. The molecule has 0 bridgehead atoms. The van der Waals surface area contributed by atoms with E-state index < -0.39 is 30.6 Å². The molecule has 6 aliphatic rings. The Morgan fingerprint density at radius 3 is 2.12 bits per heavy atom. The van der Waals surface area contributed by atoms with E-state index in [4.69, 9.17) is 18.9 Å². The van der Waals surface area contributed by atoms with Crippen molar-refractivity contribution in [2.45, 2.75) is 157 Å². The minimum atomic E-state index is -0.928. The summed E-state index contributed by atoms with van der Waals surface area (Å²) in [5.74, 6) is 0.789. The first kappa shape index (κ1) is 37.5. The van der Waals surface area contributed by atoms with Crippen LogP contribution in [0.5, 0.6) is 0 Å². The zero-order chi connectivity index (χ0) is 36.2. The lowest BCUT2D eigenvalue weighted by atomic mass is 9.47. The molecule has 2 saturated heterocycles. The maximum absolute atomic E-state index is 12.8. The molecule has 2 heterocycles. The van der Waals surface area contributed by atoms with Gasteiger partial charge in [-0.2, -0.15) is 0 Å². The van der Waals surface area contributed by atoms with Gasteiger partial charge in [-0.15, -0.1) is 0 Å². The SMILES string of the molecule is C=C1CC[C@@H]2[C@H](CCCC2(C)C)[C@H]1C[C@H]1O[C@H](C/C(C=O)=C\C[C@H]2C(=C)CC[C@H]3C(C)(C)CCC[C@]23C)[C@@H]2[C@@H](OC(C)=O)O[C@@H](OC(C)=O)[C@H]21. The number of carbonyl (C=O) groups is 3. The number of hydrogen-bond acceptors (Lipinski definition) is 7. The van der Waals surface area contributed by atoms with Crippen LogP contribution in [0.3, 0.4) is 0 Å². The van der Waals surface area contributed by atoms with Crippen LogP contribution in [-0.4, -0.2) is 43.0 Å². The Kier molecular flexibility index (Phi) is 10.7. The van der Waals surface area contributed by atoms with E-state index in [1.54, 1.807) is 0 Å². The number of carbonyl (C=O) groups excluding carboxylic acids is 3. The van der Waals surface area contributed by atoms with Crippen LogP contribution in [0.15, 0.2) is 36.0 Å². The summed E-state index contributed by atoms with van der Waals surface area (Å²) in [5.41, 5.74) is 4.03. The van der Waals surface area contributed by atoms with Crippen molar-refractivity contribution in [2.75, 3.05) is 0 Å². The van der Waals surface area contributed by atoms with Gasteiger partial charge >= 0.3 is 11.9 Å². The molecule has 0 N–H and O–H groups in total. The van der Waals surface area contributed by atoms with Gasteiger partial charge in [0.1, 0.15) is 6.29 Å². The Labute approximate surface area is 301 Å². The Morgan fingerprint density at radius 2 is 1.46 bits per heavy atom. The normalized spacial score (nSPS) is 42.2. The third kappa shape index (κ3) is 7.08. The molecule has 0 aromatic heterocycles. The number of hydrogen-bond donors (Lipinski definition) is 0. The molecule has 0 unspecified atom stereocenters. The Balaban J connectivity index is 1.27. The van der Waals surface area contributed by atoms with Crippen LogP contribution >= 0.6 is 0 Å². The number of ether oxygens (including phenoxy) is 4. The molecule has 0 aromatic rings. The molecule has 7 nitrogen and oxygen atoms in total. The summed E-state index contributed by atoms with van der Waals surface area (Å²) >= 11 is 0. The second-order valence-electron chi connectivity index (χ2n) is 18.6. The van der Waals surface area contributed by atoms with Crippen LogP contribution < -0.4 is 0 Å². The number of allylic oxidation sites excluding steroid dienone is 3. The highest BCUT2D eigenvalue weighted by molar-refractivity contribution is 5.73. The molecule has 278 valence electrons. The summed E-state index contributed by atoms with van der Waals surface area (Å²) in [6, 6.07) is 0. The van der Waals surface area contributed by atoms with E-state index in [0.29, 0.717) is 46.5 Å². The van der Waals surface area contributed by atoms with E-state index in [1.165, 1.54) is 76.4 Å². The Hall–Kier alpha value is -2.25. The fraction of sp³-hybridized carbons (Fsp3) is 0.791. The first-order valence-electron chi connectivity index (χ1n) is 19.7. The van der Waals surface area contributed by atoms with Crippen molar-refractivity contribution in [3.63, 3.8) is 0 Å². The molecule has 0 aromatic carbocycles. The van der Waals surface area contributed by atoms with E-state index >= 15 is 0 Å². The second kappa shape index (κ2) is 14.3. The average Bonchev–Trinajstić information content (AvgIpc) is 3.54. The minimum Gasteiger partial charge on any atom is -0.435 e. The Bertz CT molecular complexity index is 1370. The van der Waals surface area contributed by atoms with Gasteiger partial charge in [0.15, 0.2) is 0 Å². The summed E-state index contributed by atoms with van der Waals surface area (Å²) in [7, 11) is 0. The van der Waals surface area contributed by atoms with Gasteiger partial charge in [0.05, 0.1) is 24.0 Å². The van der Waals surface area contributed by atoms with Crippen molar-refractivity contribution >= 4 is 18.2 Å². The zero-order valence-corrected chi connectivity index (χ0v) is 32.0. The predicted octanol–water partition coefficient (Wildman–Crippen LogP) is 9.30. The van der Waals surface area contributed by atoms with Crippen molar-refractivity contribution in [1.29, 1.82) is 0 Å². The smallest absolute Gasteiger partial charge is 0.304 e. The fourth-order valence-corrected chi connectivity index (χ4v) is 12.5. The van der Waals surface area contributed by atoms with Gasteiger partial charge in [0, 0.05) is 20.3 Å². The lowest BCUT2D eigenvalue weighted by molar-refractivity contribution is -0.227. The highest BCUT2D eigenvalue weighted by Crippen LogP contribution is 2.62. The fourth-order valence-electron chi connectivity index (χ4n) is 12.5. The molecule has 0 amide bonds. The largest absolute Gasteiger partial charge is 0.435 e. The molecular formula is C43H64O7. The van der Waals surface area contributed by atoms with Gasteiger partial charge in [-0.25, -0.2) is 0 Å². The summed E-state index contributed by atoms with van der Waals surface area (Å²) in [6.45, 7) is 24.0. The number of fused-ring (bicyclic) bond motifs is 3. The maximum atomic E-state index is 12.8. The lowest BCUT2D eigenvalue weighted by Crippen LogP contribution is -2.49. The highest BCUT2D eigenvalue weighted by Gasteiger charge is 2.61. The van der Waals surface area contributed by atoms with Gasteiger partial charge in [0.2, 0.25) is 12.6 Å². The second-order valence-corrected chi connectivity index (χ2v) is 18.6. The maximum Gasteiger partial charge on any atom is 0.304 e. The average molecular weight is 693 g/mol. The third-order valence-corrected chi connectivity index (χ3v) is 14.8. The van der Waals surface area contributed by atoms with Crippen LogP contribution in [0.4, 0.5) is 0 Å². The summed E-state index contributed by atoms with van der Waals surface area (Å²) in [4.78, 5) is 37.4. The minimum absolute atomic E-state index is 0.159. The van der Waals surface area contributed by atoms with E-state index in [-0.39, 0.29) is 29.3 Å². The third-order valence-electron chi connectivity index (χ3n) is 14.8. The van der Waals surface area contributed by atoms with Crippen LogP contribution in [0.25, 0.3) is 0 Å². The van der Waals surface area contributed by atoms with Crippen molar-refractivity contribution in [3.8, 4) is 0 Å². The molecule has 12 atom stereocenters. The molecule has 7 heteroatoms. The topological polar surface area (TPSA) is 88.1 Å². The van der Waals surface area contributed by atoms with E-state index in [9.17, 15) is 14.4 Å². The number of esters is 2. The van der Waals surface area contributed by atoms with E-state index in [0.717, 1.165) is 32.0 Å². The molecule has 4 saturated carbocycles. The van der Waals surface area contributed by atoms with Gasteiger partial charge in [-0.05, 0) is 116 Å². The molecule has 6 fully saturated rings. The predicted molar refractivity (Wildman–Crippen MR) is 193 cm³/mol. The Morgan fingerprint density at radius 1 is 0.820 bits per heavy atom. The quantitative estimate of drug-likeness (QED) is 0.103. The first-order valence-corrected chi connectivity index (χ1v) is 19.7. The summed E-state index contributed by atoms with van der Waals surface area (Å²) < 4.78 is 24.7. The van der Waals surface area contributed by atoms with Crippen LogP contribution in [0.2, 0.25) is 0 Å². The van der Waals surface area contributed by atoms with E-state index in [1.807, 2.05) is 0 Å². The van der Waals surface area contributed by atoms with Gasteiger partial charge < -0.3 is 18.9 Å². The highest BCUT2D eigenvalue weighted by atomic mass is 16.8. The lowest BCUT2D eigenvalue weighted by Gasteiger charge is -2.58. The molecule has 4 aliphatic carbocycles. The van der Waals surface area contributed by atoms with Crippen LogP contribution in [0, 0.1) is 57.7 Å². The standard InChI is InChI=1S/C43H64O7/c1-25-13-16-33-30(12-10-19-41(33,5)6)31(25)23-35-38-37(39(47-27(3)45)50-40(38)48-28(4)46)34(49-35)22-29(24-44)15-17-32-26(2)14-18-36-42(7,8)20-11-21-43(32,36)9/h15,24,30-40H,1-2,10-14,16-23H2,3-9H3/b29-15+/t30-,31+,32+,33-,34-,35-,36+,37+,38+,39+,40-,43-/m1/s1. The van der Waals surface area contributed by atoms with Crippen molar-refractivity contribution in [3.05, 3.63) is 36.0 Å². The van der Waals surface area contributed by atoms with Crippen LogP contribution in [-0.2, 0) is 33.3 Å². The molecule has 50 heavy (non-hydrogen) atoms. The molecule has 2 aliphatic heterocycles. The van der Waals surface area contributed by atoms with Gasteiger partial charge in [-0.3, -0.25) is 14.4 Å². The van der Waals surface area contributed by atoms with Gasteiger partial charge in [0.25, 0.3) is 0 Å². The van der Waals surface area contributed by atoms with Crippen molar-refractivity contribution in [1.82, 2.24) is 0 Å². The summed E-state index contributed by atoms with van der Waals surface area (Å²) in [6.07, 6.45) is 14.2. The first-order chi connectivity index (χ1) is 23.6. The molecule has 0 radical (unpaired) electrons. The van der Waals surface area contributed by atoms with E-state index in [2.05, 4.69) is 53.9 Å². The summed E-state index contributed by atoms with van der Waals surface area (Å²) in [5, 5.41) is 0. The van der Waals surface area contributed by atoms with Gasteiger partial charge in [-0.1, -0.05) is 77.8 Å². The van der Waals surface area contributed by atoms with Crippen LogP contribution in [0.1, 0.15) is 132 Å².